The van der Waals surface area contributed by atoms with Crippen LogP contribution in [0, 0.1) is 0 Å². The van der Waals surface area contributed by atoms with Gasteiger partial charge in [-0.1, -0.05) is 72.8 Å². The minimum Gasteiger partial charge on any atom is -0.396 e. The van der Waals surface area contributed by atoms with Gasteiger partial charge in [0.1, 0.15) is 0 Å². The lowest BCUT2D eigenvalue weighted by atomic mass is 9.85. The summed E-state index contributed by atoms with van der Waals surface area (Å²) in [5.74, 6) is -0.380. The predicted molar refractivity (Wildman–Crippen MR) is 119 cm³/mol. The molecule has 0 unspecified atom stereocenters. The first-order chi connectivity index (χ1) is 15.2. The summed E-state index contributed by atoms with van der Waals surface area (Å²) < 4.78 is 11.9. The zero-order valence-electron chi connectivity index (χ0n) is 17.7. The van der Waals surface area contributed by atoms with E-state index < -0.39 is 19.3 Å². The van der Waals surface area contributed by atoms with Crippen molar-refractivity contribution < 1.29 is 18.9 Å². The first-order valence-electron chi connectivity index (χ1n) is 10.7. The van der Waals surface area contributed by atoms with Crippen LogP contribution < -0.4 is 0 Å². The van der Waals surface area contributed by atoms with Gasteiger partial charge in [0.25, 0.3) is 11.8 Å². The number of rotatable bonds is 6. The number of hydrogen-bond acceptors (Lipinski definition) is 4. The molecular weight excluding hydrogens is 391 g/mol. The lowest BCUT2D eigenvalue weighted by molar-refractivity contribution is -0.153. The monoisotopic (exact) mass is 418 g/mol. The fourth-order valence-electron chi connectivity index (χ4n) is 3.98. The number of amides is 2. The van der Waals surface area contributed by atoms with E-state index in [-0.39, 0.29) is 11.8 Å². The Labute approximate surface area is 183 Å². The molecule has 160 valence electrons. The Bertz CT molecular complexity index is 852. The van der Waals surface area contributed by atoms with Crippen LogP contribution in [0.4, 0.5) is 0 Å². The second kappa shape index (κ2) is 9.94. The highest BCUT2D eigenvalue weighted by molar-refractivity contribution is 6.46. The molecule has 0 radical (unpaired) electrons. The molecular formula is C24H27BN2O4. The van der Waals surface area contributed by atoms with Crippen molar-refractivity contribution in [1.29, 1.82) is 0 Å². The van der Waals surface area contributed by atoms with E-state index in [1.807, 2.05) is 79.7 Å². The summed E-state index contributed by atoms with van der Waals surface area (Å²) in [6.45, 7) is 3.74. The first-order valence-corrected chi connectivity index (χ1v) is 10.7. The Morgan fingerprint density at radius 1 is 0.839 bits per heavy atom. The Morgan fingerprint density at radius 3 is 1.71 bits per heavy atom. The van der Waals surface area contributed by atoms with Gasteiger partial charge in [-0.15, -0.1) is 0 Å². The molecule has 2 heterocycles. The van der Waals surface area contributed by atoms with Crippen LogP contribution in [0.5, 0.6) is 0 Å². The molecule has 0 aliphatic carbocycles. The van der Waals surface area contributed by atoms with Crippen LogP contribution in [0.1, 0.15) is 18.1 Å². The van der Waals surface area contributed by atoms with Crippen LogP contribution in [0.2, 0.25) is 6.32 Å². The molecule has 2 aromatic rings. The molecule has 2 aromatic carbocycles. The van der Waals surface area contributed by atoms with E-state index >= 15 is 0 Å². The lowest BCUT2D eigenvalue weighted by Gasteiger charge is -2.35. The minimum absolute atomic E-state index is 0.190. The number of allylic oxidation sites excluding steroid dienone is 2. The van der Waals surface area contributed by atoms with Gasteiger partial charge in [-0.05, 0) is 18.1 Å². The van der Waals surface area contributed by atoms with E-state index in [9.17, 15) is 9.59 Å². The molecule has 7 heteroatoms. The second-order valence-corrected chi connectivity index (χ2v) is 7.84. The highest BCUT2D eigenvalue weighted by atomic mass is 16.7. The molecule has 2 fully saturated rings. The molecule has 0 N–H and O–H groups in total. The van der Waals surface area contributed by atoms with Gasteiger partial charge < -0.3 is 19.1 Å². The molecule has 2 amide bonds. The Kier molecular flexibility index (Phi) is 6.84. The van der Waals surface area contributed by atoms with E-state index in [1.54, 1.807) is 9.80 Å². The summed E-state index contributed by atoms with van der Waals surface area (Å²) in [6.07, 6.45) is 2.47. The number of carbonyl (C=O) groups excluding carboxylic acids is 2. The number of fused-ring (bicyclic) bond motifs is 1. The van der Waals surface area contributed by atoms with Crippen LogP contribution in [0.25, 0.3) is 0 Å². The normalized spacial score (nSPS) is 22.0. The quantitative estimate of drug-likeness (QED) is 0.535. The van der Waals surface area contributed by atoms with E-state index in [2.05, 4.69) is 0 Å². The first kappa shape index (κ1) is 21.3. The maximum atomic E-state index is 13.3. The molecule has 2 saturated heterocycles. The minimum atomic E-state index is -0.926. The number of carbonyl (C=O) groups is 2. The lowest BCUT2D eigenvalue weighted by Crippen LogP contribution is -2.55. The van der Waals surface area contributed by atoms with Gasteiger partial charge in [0.15, 0.2) is 12.2 Å². The summed E-state index contributed by atoms with van der Waals surface area (Å²) in [5, 5.41) is 0. The van der Waals surface area contributed by atoms with Gasteiger partial charge in [0.2, 0.25) is 0 Å². The molecule has 31 heavy (non-hydrogen) atoms. The summed E-state index contributed by atoms with van der Waals surface area (Å²) in [6, 6.07) is 19.7. The fraction of sp³-hybridized carbons (Fsp3) is 0.333. The summed E-state index contributed by atoms with van der Waals surface area (Å²) >= 11 is 0. The van der Waals surface area contributed by atoms with Crippen LogP contribution in [0.15, 0.2) is 72.8 Å². The third-order valence-corrected chi connectivity index (χ3v) is 5.62. The van der Waals surface area contributed by atoms with Crippen LogP contribution in [0.3, 0.4) is 0 Å². The van der Waals surface area contributed by atoms with Crippen molar-refractivity contribution >= 4 is 18.9 Å². The summed E-state index contributed by atoms with van der Waals surface area (Å²) in [7, 11) is -0.602. The molecule has 0 bridgehead atoms. The van der Waals surface area contributed by atoms with E-state index in [0.717, 1.165) is 11.1 Å². The molecule has 0 aromatic heterocycles. The zero-order valence-corrected chi connectivity index (χ0v) is 17.7. The number of hydrogen-bond donors (Lipinski definition) is 0. The molecule has 4 rings (SSSR count). The van der Waals surface area contributed by atoms with Gasteiger partial charge in [-0.25, -0.2) is 0 Å². The Morgan fingerprint density at radius 2 is 1.29 bits per heavy atom. The van der Waals surface area contributed by atoms with Crippen molar-refractivity contribution in [3.63, 3.8) is 0 Å². The van der Waals surface area contributed by atoms with Crippen LogP contribution in [-0.4, -0.2) is 54.0 Å². The van der Waals surface area contributed by atoms with Crippen LogP contribution >= 0.6 is 0 Å². The van der Waals surface area contributed by atoms with Gasteiger partial charge in [0, 0.05) is 32.5 Å². The smallest absolute Gasteiger partial charge is 0.396 e. The molecule has 2 atom stereocenters. The third kappa shape index (κ3) is 5.06. The molecule has 0 spiro atoms. The van der Waals surface area contributed by atoms with Crippen molar-refractivity contribution in [1.82, 2.24) is 9.80 Å². The Hall–Kier alpha value is -2.90. The van der Waals surface area contributed by atoms with Crippen molar-refractivity contribution in [2.24, 2.45) is 0 Å². The Balaban J connectivity index is 1.59. The van der Waals surface area contributed by atoms with Crippen molar-refractivity contribution in [3.05, 3.63) is 83.9 Å². The number of benzene rings is 2. The third-order valence-electron chi connectivity index (χ3n) is 5.62. The highest BCUT2D eigenvalue weighted by Crippen LogP contribution is 2.26. The van der Waals surface area contributed by atoms with Crippen LogP contribution in [-0.2, 0) is 32.0 Å². The largest absolute Gasteiger partial charge is 0.462 e. The topological polar surface area (TPSA) is 59.1 Å². The van der Waals surface area contributed by atoms with E-state index in [4.69, 9.17) is 9.31 Å². The number of nitrogens with zero attached hydrogens (tertiary/aromatic N) is 2. The average Bonchev–Trinajstić information content (AvgIpc) is 3.23. The molecule has 6 nitrogen and oxygen atoms in total. The maximum Gasteiger partial charge on any atom is 0.462 e. The predicted octanol–water partition coefficient (Wildman–Crippen LogP) is 2.91. The van der Waals surface area contributed by atoms with Gasteiger partial charge >= 0.3 is 7.12 Å². The van der Waals surface area contributed by atoms with Crippen molar-refractivity contribution in [2.45, 2.75) is 38.5 Å². The van der Waals surface area contributed by atoms with E-state index in [0.29, 0.717) is 32.5 Å². The molecule has 0 saturated carbocycles. The maximum absolute atomic E-state index is 13.3. The van der Waals surface area contributed by atoms with Gasteiger partial charge in [-0.2, -0.15) is 0 Å². The average molecular weight is 418 g/mol. The van der Waals surface area contributed by atoms with Gasteiger partial charge in [-0.3, -0.25) is 9.59 Å². The highest BCUT2D eigenvalue weighted by Gasteiger charge is 2.50. The van der Waals surface area contributed by atoms with Gasteiger partial charge in [0.05, 0.1) is 0 Å². The summed E-state index contributed by atoms with van der Waals surface area (Å²) in [5.41, 5.74) is 2.08. The molecule has 2 aliphatic heterocycles. The summed E-state index contributed by atoms with van der Waals surface area (Å²) in [4.78, 5) is 30.2. The standard InChI is InChI=1S/C24H27BN2O4/c1-2-3-14-25-30-21-22(31-25)24(29)27(18-20-12-8-5-9-13-20)16-15-26(23(21)28)17-19-10-6-4-7-11-19/h2-13,21-22H,14-18H2,1H3/b3-2-/t21-,22-/m1/s1. The molecule has 2 aliphatic rings. The fourth-order valence-corrected chi connectivity index (χ4v) is 3.98. The van der Waals surface area contributed by atoms with Crippen molar-refractivity contribution in [3.8, 4) is 0 Å². The SMILES string of the molecule is C/C=C\CB1O[C@H]2C(=O)N(Cc3ccccc3)CCN(Cc3ccccc3)C(=O)[C@@H]2O1. The second-order valence-electron chi connectivity index (χ2n) is 7.84. The van der Waals surface area contributed by atoms with E-state index in [1.165, 1.54) is 0 Å². The van der Waals surface area contributed by atoms with Crippen molar-refractivity contribution in [2.75, 3.05) is 13.1 Å². The zero-order chi connectivity index (χ0) is 21.6.